The Bertz CT molecular complexity index is 955. The molecule has 2 atom stereocenters. The first-order chi connectivity index (χ1) is 13.9. The van der Waals surface area contributed by atoms with Crippen LogP contribution in [0.1, 0.15) is 28.9 Å². The van der Waals surface area contributed by atoms with Crippen molar-refractivity contribution in [3.05, 3.63) is 35.5 Å². The van der Waals surface area contributed by atoms with E-state index in [0.717, 1.165) is 16.5 Å². The minimum absolute atomic E-state index is 0.131. The number of hydrogen-bond acceptors (Lipinski definition) is 4. The number of benzene rings is 1. The van der Waals surface area contributed by atoms with Gasteiger partial charge in [-0.2, -0.15) is 0 Å². The second-order valence-corrected chi connectivity index (χ2v) is 7.40. The normalized spacial score (nSPS) is 17.0. The number of aromatic amines is 1. The zero-order valence-electron chi connectivity index (χ0n) is 16.0. The predicted molar refractivity (Wildman–Crippen MR) is 109 cm³/mol. The van der Waals surface area contributed by atoms with Crippen LogP contribution in [0.4, 0.5) is 0 Å². The molecular formula is C20H23ClN4O4. The number of alkyl halides is 1. The fraction of sp³-hybridized carbons (Fsp3) is 0.400. The van der Waals surface area contributed by atoms with Gasteiger partial charge in [0.1, 0.15) is 5.69 Å². The average molecular weight is 419 g/mol. The first kappa shape index (κ1) is 20.9. The standard InChI is InChI=1S/C20H23ClN4O4/c1-11-3-2-4-14-13(11)8-16(24-14)20(29)23-10-18(27)25-15(17(26)9-21)7-12-5-6-22-19(12)28/h2-4,8,12,15,24H,5-7,9-10H2,1H3,(H,22,28)(H,23,29)(H,25,27). The van der Waals surface area contributed by atoms with Crippen LogP contribution in [0, 0.1) is 12.8 Å². The van der Waals surface area contributed by atoms with Gasteiger partial charge in [0, 0.05) is 23.4 Å². The van der Waals surface area contributed by atoms with Gasteiger partial charge in [0.15, 0.2) is 5.78 Å². The first-order valence-electron chi connectivity index (χ1n) is 9.41. The summed E-state index contributed by atoms with van der Waals surface area (Å²) in [5, 5.41) is 8.75. The maximum Gasteiger partial charge on any atom is 0.268 e. The summed E-state index contributed by atoms with van der Waals surface area (Å²) in [6.07, 6.45) is 0.801. The van der Waals surface area contributed by atoms with Crippen molar-refractivity contribution in [2.45, 2.75) is 25.8 Å². The number of rotatable bonds is 8. The Labute approximate surface area is 172 Å². The van der Waals surface area contributed by atoms with Gasteiger partial charge in [-0.3, -0.25) is 19.2 Å². The molecule has 3 rings (SSSR count). The highest BCUT2D eigenvalue weighted by atomic mass is 35.5. The molecular weight excluding hydrogens is 396 g/mol. The van der Waals surface area contributed by atoms with Crippen molar-refractivity contribution < 1.29 is 19.2 Å². The average Bonchev–Trinajstić information content (AvgIpc) is 3.32. The molecule has 4 N–H and O–H groups in total. The molecule has 154 valence electrons. The summed E-state index contributed by atoms with van der Waals surface area (Å²) in [6.45, 7) is 2.21. The minimum Gasteiger partial charge on any atom is -0.356 e. The number of aromatic nitrogens is 1. The molecule has 3 amide bonds. The third-order valence-corrected chi connectivity index (χ3v) is 5.34. The number of fused-ring (bicyclic) bond motifs is 1. The van der Waals surface area contributed by atoms with Crippen LogP contribution in [0.25, 0.3) is 10.9 Å². The molecule has 1 saturated heterocycles. The maximum absolute atomic E-state index is 12.4. The Hall–Kier alpha value is -2.87. The molecule has 1 aromatic carbocycles. The van der Waals surface area contributed by atoms with Crippen molar-refractivity contribution in [1.29, 1.82) is 0 Å². The summed E-state index contributed by atoms with van der Waals surface area (Å²) in [5.41, 5.74) is 2.22. The lowest BCUT2D eigenvalue weighted by molar-refractivity contribution is -0.128. The summed E-state index contributed by atoms with van der Waals surface area (Å²) in [4.78, 5) is 51.5. The van der Waals surface area contributed by atoms with Crippen LogP contribution in [0.2, 0.25) is 0 Å². The molecule has 2 heterocycles. The van der Waals surface area contributed by atoms with Gasteiger partial charge in [0.05, 0.1) is 18.5 Å². The lowest BCUT2D eigenvalue weighted by Crippen LogP contribution is -2.47. The number of carbonyl (C=O) groups excluding carboxylic acids is 4. The molecule has 0 aliphatic carbocycles. The number of H-pyrrole nitrogens is 1. The number of halogens is 1. The Morgan fingerprint density at radius 2 is 2.10 bits per heavy atom. The monoisotopic (exact) mass is 418 g/mol. The van der Waals surface area contributed by atoms with Gasteiger partial charge in [-0.25, -0.2) is 0 Å². The van der Waals surface area contributed by atoms with Crippen LogP contribution in [0.5, 0.6) is 0 Å². The third-order valence-electron chi connectivity index (χ3n) is 5.07. The van der Waals surface area contributed by atoms with E-state index >= 15 is 0 Å². The molecule has 2 aromatic rings. The number of carbonyl (C=O) groups is 4. The van der Waals surface area contributed by atoms with E-state index in [0.29, 0.717) is 18.7 Å². The quantitative estimate of drug-likeness (QED) is 0.478. The number of nitrogens with one attached hydrogen (secondary N) is 4. The summed E-state index contributed by atoms with van der Waals surface area (Å²) in [7, 11) is 0. The summed E-state index contributed by atoms with van der Waals surface area (Å²) < 4.78 is 0. The maximum atomic E-state index is 12.4. The van der Waals surface area contributed by atoms with Gasteiger partial charge in [0.2, 0.25) is 11.8 Å². The Morgan fingerprint density at radius 1 is 1.31 bits per heavy atom. The van der Waals surface area contributed by atoms with Crippen molar-refractivity contribution in [3.63, 3.8) is 0 Å². The Balaban J connectivity index is 1.57. The van der Waals surface area contributed by atoms with Crippen molar-refractivity contribution in [2.24, 2.45) is 5.92 Å². The van der Waals surface area contributed by atoms with Gasteiger partial charge in [-0.1, -0.05) is 12.1 Å². The molecule has 2 unspecified atom stereocenters. The van der Waals surface area contributed by atoms with Crippen molar-refractivity contribution in [1.82, 2.24) is 20.9 Å². The largest absolute Gasteiger partial charge is 0.356 e. The van der Waals surface area contributed by atoms with Gasteiger partial charge in [-0.05, 0) is 37.5 Å². The summed E-state index contributed by atoms with van der Waals surface area (Å²) >= 11 is 5.64. The van der Waals surface area contributed by atoms with Crippen LogP contribution >= 0.6 is 11.6 Å². The summed E-state index contributed by atoms with van der Waals surface area (Å²) in [6, 6.07) is 6.58. The van der Waals surface area contributed by atoms with Gasteiger partial charge < -0.3 is 20.9 Å². The van der Waals surface area contributed by atoms with Crippen LogP contribution in [-0.4, -0.2) is 53.5 Å². The van der Waals surface area contributed by atoms with E-state index in [-0.39, 0.29) is 36.5 Å². The van der Waals surface area contributed by atoms with Crippen molar-refractivity contribution in [3.8, 4) is 0 Å². The number of ketones is 1. The lowest BCUT2D eigenvalue weighted by Gasteiger charge is -2.19. The van der Waals surface area contributed by atoms with Crippen molar-refractivity contribution >= 4 is 46.0 Å². The van der Waals surface area contributed by atoms with E-state index in [1.54, 1.807) is 6.07 Å². The molecule has 0 spiro atoms. The highest BCUT2D eigenvalue weighted by Gasteiger charge is 2.30. The highest BCUT2D eigenvalue weighted by Crippen LogP contribution is 2.19. The predicted octanol–water partition coefficient (Wildman–Crippen LogP) is 1.03. The zero-order valence-corrected chi connectivity index (χ0v) is 16.8. The Kier molecular flexibility index (Phi) is 6.53. The first-order valence-corrected chi connectivity index (χ1v) is 9.94. The molecule has 9 heteroatoms. The van der Waals surface area contributed by atoms with E-state index in [2.05, 4.69) is 20.9 Å². The number of Topliss-reactive ketones (excluding diaryl/α,β-unsaturated/α-hetero) is 1. The van der Waals surface area contributed by atoms with E-state index in [1.807, 2.05) is 25.1 Å². The van der Waals surface area contributed by atoms with Crippen LogP contribution in [0.3, 0.4) is 0 Å². The zero-order chi connectivity index (χ0) is 21.0. The number of hydrogen-bond donors (Lipinski definition) is 4. The Morgan fingerprint density at radius 3 is 2.76 bits per heavy atom. The van der Waals surface area contributed by atoms with Crippen LogP contribution in [-0.2, 0) is 14.4 Å². The number of aryl methyl sites for hydroxylation is 1. The molecule has 0 bridgehead atoms. The van der Waals surface area contributed by atoms with Gasteiger partial charge in [0.25, 0.3) is 5.91 Å². The smallest absolute Gasteiger partial charge is 0.268 e. The minimum atomic E-state index is -0.860. The van der Waals surface area contributed by atoms with Crippen molar-refractivity contribution in [2.75, 3.05) is 19.0 Å². The van der Waals surface area contributed by atoms with E-state index in [9.17, 15) is 19.2 Å². The molecule has 1 aliphatic rings. The molecule has 8 nitrogen and oxygen atoms in total. The molecule has 1 fully saturated rings. The second kappa shape index (κ2) is 9.09. The molecule has 1 aliphatic heterocycles. The fourth-order valence-electron chi connectivity index (χ4n) is 3.45. The molecule has 1 aromatic heterocycles. The summed E-state index contributed by atoms with van der Waals surface area (Å²) in [5.74, 6) is -2.04. The SMILES string of the molecule is Cc1cccc2[nH]c(C(=O)NCC(=O)NC(CC3CCNC3=O)C(=O)CCl)cc12. The van der Waals surface area contributed by atoms with Crippen LogP contribution in [0.15, 0.2) is 24.3 Å². The van der Waals surface area contributed by atoms with Crippen LogP contribution < -0.4 is 16.0 Å². The molecule has 0 radical (unpaired) electrons. The topological polar surface area (TPSA) is 120 Å². The van der Waals surface area contributed by atoms with E-state index in [4.69, 9.17) is 11.6 Å². The third kappa shape index (κ3) is 4.95. The second-order valence-electron chi connectivity index (χ2n) is 7.13. The molecule has 29 heavy (non-hydrogen) atoms. The van der Waals surface area contributed by atoms with Gasteiger partial charge in [-0.15, -0.1) is 11.6 Å². The van der Waals surface area contributed by atoms with E-state index in [1.165, 1.54) is 0 Å². The highest BCUT2D eigenvalue weighted by molar-refractivity contribution is 6.28. The van der Waals surface area contributed by atoms with Gasteiger partial charge >= 0.3 is 0 Å². The lowest BCUT2D eigenvalue weighted by atomic mass is 9.96. The fourth-order valence-corrected chi connectivity index (χ4v) is 3.63. The van der Waals surface area contributed by atoms with E-state index < -0.39 is 17.9 Å². The number of amides is 3. The molecule has 0 saturated carbocycles.